The molecule has 0 saturated heterocycles. The third kappa shape index (κ3) is 4.37. The van der Waals surface area contributed by atoms with Gasteiger partial charge in [0.2, 0.25) is 5.91 Å². The van der Waals surface area contributed by atoms with E-state index in [0.29, 0.717) is 41.9 Å². The van der Waals surface area contributed by atoms with Crippen molar-refractivity contribution in [2.45, 2.75) is 30.6 Å². The molecule has 2 heterocycles. The van der Waals surface area contributed by atoms with Crippen molar-refractivity contribution >= 4 is 39.1 Å². The summed E-state index contributed by atoms with van der Waals surface area (Å²) in [6.45, 7) is 0.509. The Bertz CT molecular complexity index is 1420. The molecule has 9 heteroatoms. The maximum absolute atomic E-state index is 13.3. The van der Waals surface area contributed by atoms with Crippen molar-refractivity contribution in [3.63, 3.8) is 0 Å². The van der Waals surface area contributed by atoms with Crippen LogP contribution in [0.25, 0.3) is 0 Å². The van der Waals surface area contributed by atoms with Crippen molar-refractivity contribution in [1.82, 2.24) is 4.90 Å². The van der Waals surface area contributed by atoms with E-state index in [-0.39, 0.29) is 35.6 Å². The van der Waals surface area contributed by atoms with Gasteiger partial charge in [-0.05, 0) is 61.2 Å². The Labute approximate surface area is 209 Å². The number of hydrogen-bond acceptors (Lipinski definition) is 5. The van der Waals surface area contributed by atoms with E-state index >= 15 is 0 Å². The molecule has 1 N–H and O–H groups in total. The van der Waals surface area contributed by atoms with Crippen LogP contribution in [0.4, 0.5) is 11.4 Å². The van der Waals surface area contributed by atoms with E-state index < -0.39 is 10.0 Å². The molecule has 0 unspecified atom stereocenters. The molecule has 0 atom stereocenters. The van der Waals surface area contributed by atoms with E-state index in [4.69, 9.17) is 0 Å². The van der Waals surface area contributed by atoms with Gasteiger partial charge in [-0.15, -0.1) is 0 Å². The zero-order valence-electron chi connectivity index (χ0n) is 19.5. The van der Waals surface area contributed by atoms with Crippen molar-refractivity contribution in [3.05, 3.63) is 89.5 Å². The second-order valence-electron chi connectivity index (χ2n) is 8.80. The highest BCUT2D eigenvalue weighted by molar-refractivity contribution is 7.92. The van der Waals surface area contributed by atoms with Gasteiger partial charge in [-0.3, -0.25) is 23.6 Å². The Morgan fingerprint density at radius 2 is 1.56 bits per heavy atom. The van der Waals surface area contributed by atoms with Gasteiger partial charge in [0.25, 0.3) is 21.8 Å². The molecule has 0 fully saturated rings. The predicted molar refractivity (Wildman–Crippen MR) is 135 cm³/mol. The summed E-state index contributed by atoms with van der Waals surface area (Å²) in [4.78, 5) is 38.9. The van der Waals surface area contributed by atoms with Gasteiger partial charge in [0.1, 0.15) is 0 Å². The van der Waals surface area contributed by atoms with E-state index in [2.05, 4.69) is 5.32 Å². The van der Waals surface area contributed by atoms with Gasteiger partial charge in [0.15, 0.2) is 0 Å². The number of benzene rings is 3. The molecule has 2 aliphatic heterocycles. The number of sulfonamides is 1. The SMILES string of the molecule is O=C(CCCN1C(=O)c2ccccc2C1=O)Nc1ccc2c(c1)N(S(=O)(=O)c1ccccc1)CCC2. The first-order valence-corrected chi connectivity index (χ1v) is 13.3. The Morgan fingerprint density at radius 3 is 2.25 bits per heavy atom. The fourth-order valence-corrected chi connectivity index (χ4v) is 6.21. The van der Waals surface area contributed by atoms with Crippen LogP contribution >= 0.6 is 0 Å². The van der Waals surface area contributed by atoms with Crippen molar-refractivity contribution in [3.8, 4) is 0 Å². The number of fused-ring (bicyclic) bond motifs is 2. The molecule has 0 aliphatic carbocycles. The van der Waals surface area contributed by atoms with Crippen LogP contribution in [0, 0.1) is 0 Å². The van der Waals surface area contributed by atoms with Crippen LogP contribution in [0.3, 0.4) is 0 Å². The zero-order chi connectivity index (χ0) is 25.3. The lowest BCUT2D eigenvalue weighted by atomic mass is 10.0. The highest BCUT2D eigenvalue weighted by Gasteiger charge is 2.34. The quantitative estimate of drug-likeness (QED) is 0.494. The number of hydrogen-bond donors (Lipinski definition) is 1. The van der Waals surface area contributed by atoms with Crippen molar-refractivity contribution in [2.75, 3.05) is 22.7 Å². The van der Waals surface area contributed by atoms with Crippen LogP contribution in [0.2, 0.25) is 0 Å². The average Bonchev–Trinajstić information content (AvgIpc) is 3.13. The highest BCUT2D eigenvalue weighted by atomic mass is 32.2. The van der Waals surface area contributed by atoms with Crippen LogP contribution in [-0.4, -0.2) is 44.1 Å². The molecule has 0 saturated carbocycles. The van der Waals surface area contributed by atoms with E-state index in [0.717, 1.165) is 12.0 Å². The third-order valence-electron chi connectivity index (χ3n) is 6.44. The van der Waals surface area contributed by atoms with E-state index in [9.17, 15) is 22.8 Å². The number of anilines is 2. The van der Waals surface area contributed by atoms with Gasteiger partial charge < -0.3 is 5.32 Å². The molecule has 0 bridgehead atoms. The Morgan fingerprint density at radius 1 is 0.889 bits per heavy atom. The molecule has 3 aromatic rings. The third-order valence-corrected chi connectivity index (χ3v) is 8.27. The summed E-state index contributed by atoms with van der Waals surface area (Å²) in [5, 5.41) is 2.82. The number of carbonyl (C=O) groups excluding carboxylic acids is 3. The second kappa shape index (κ2) is 9.58. The molecule has 0 spiro atoms. The number of nitrogens with zero attached hydrogens (tertiary/aromatic N) is 2. The molecular formula is C27H25N3O5S. The predicted octanol–water partition coefficient (Wildman–Crippen LogP) is 3.84. The number of imide groups is 1. The molecule has 0 aromatic heterocycles. The number of rotatable bonds is 7. The fourth-order valence-electron chi connectivity index (χ4n) is 4.65. The summed E-state index contributed by atoms with van der Waals surface area (Å²) < 4.78 is 27.9. The van der Waals surface area contributed by atoms with Crippen molar-refractivity contribution in [1.29, 1.82) is 0 Å². The van der Waals surface area contributed by atoms with Gasteiger partial charge in [-0.1, -0.05) is 36.4 Å². The molecule has 184 valence electrons. The van der Waals surface area contributed by atoms with Gasteiger partial charge in [0, 0.05) is 25.2 Å². The van der Waals surface area contributed by atoms with Crippen molar-refractivity contribution < 1.29 is 22.8 Å². The molecule has 0 radical (unpaired) electrons. The monoisotopic (exact) mass is 503 g/mol. The highest BCUT2D eigenvalue weighted by Crippen LogP contribution is 2.34. The average molecular weight is 504 g/mol. The Balaban J connectivity index is 1.24. The first-order valence-electron chi connectivity index (χ1n) is 11.8. The first-order chi connectivity index (χ1) is 17.4. The minimum Gasteiger partial charge on any atom is -0.326 e. The summed E-state index contributed by atoms with van der Waals surface area (Å²) >= 11 is 0. The smallest absolute Gasteiger partial charge is 0.264 e. The van der Waals surface area contributed by atoms with E-state index in [1.807, 2.05) is 6.07 Å². The molecule has 8 nitrogen and oxygen atoms in total. The molecule has 5 rings (SSSR count). The molecule has 3 aromatic carbocycles. The number of carbonyl (C=O) groups is 3. The van der Waals surface area contributed by atoms with E-state index in [1.54, 1.807) is 66.7 Å². The molecule has 2 aliphatic rings. The lowest BCUT2D eigenvalue weighted by Crippen LogP contribution is -2.35. The summed E-state index contributed by atoms with van der Waals surface area (Å²) in [6, 6.07) is 20.3. The molecular weight excluding hydrogens is 478 g/mol. The van der Waals surface area contributed by atoms with Crippen LogP contribution < -0.4 is 9.62 Å². The topological polar surface area (TPSA) is 104 Å². The Kier molecular flexibility index (Phi) is 6.32. The maximum atomic E-state index is 13.3. The number of aryl methyl sites for hydroxylation is 1. The van der Waals surface area contributed by atoms with Gasteiger partial charge >= 0.3 is 0 Å². The first kappa shape index (κ1) is 23.7. The second-order valence-corrected chi connectivity index (χ2v) is 10.7. The maximum Gasteiger partial charge on any atom is 0.264 e. The summed E-state index contributed by atoms with van der Waals surface area (Å²) in [5.41, 5.74) is 2.74. The van der Waals surface area contributed by atoms with Gasteiger partial charge in [-0.25, -0.2) is 8.42 Å². The minimum atomic E-state index is -3.73. The Hall–Kier alpha value is -3.98. The summed E-state index contributed by atoms with van der Waals surface area (Å²) in [5.74, 6) is -0.962. The zero-order valence-corrected chi connectivity index (χ0v) is 20.3. The lowest BCUT2D eigenvalue weighted by molar-refractivity contribution is -0.116. The standard InChI is InChI=1S/C27H25N3O5S/c31-25(13-7-16-29-26(32)22-11-4-5-12-23(22)27(29)33)28-20-15-14-19-8-6-17-30(24(19)18-20)36(34,35)21-9-2-1-3-10-21/h1-5,9-12,14-15,18H,6-8,13,16-17H2,(H,28,31). The van der Waals surface area contributed by atoms with Gasteiger partial charge in [-0.2, -0.15) is 0 Å². The number of amides is 3. The molecule has 36 heavy (non-hydrogen) atoms. The summed E-state index contributed by atoms with van der Waals surface area (Å²) in [7, 11) is -3.73. The lowest BCUT2D eigenvalue weighted by Gasteiger charge is -2.31. The van der Waals surface area contributed by atoms with Crippen LogP contribution in [0.1, 0.15) is 45.5 Å². The minimum absolute atomic E-state index is 0.108. The summed E-state index contributed by atoms with van der Waals surface area (Å²) in [6.07, 6.45) is 1.89. The van der Waals surface area contributed by atoms with Crippen LogP contribution in [0.15, 0.2) is 77.7 Å². The van der Waals surface area contributed by atoms with E-state index in [1.165, 1.54) is 9.21 Å². The largest absolute Gasteiger partial charge is 0.326 e. The van der Waals surface area contributed by atoms with Crippen molar-refractivity contribution in [2.24, 2.45) is 0 Å². The van der Waals surface area contributed by atoms with Crippen LogP contribution in [-0.2, 0) is 21.2 Å². The fraction of sp³-hybridized carbons (Fsp3) is 0.222. The normalized spacial score (nSPS) is 15.0. The van der Waals surface area contributed by atoms with Crippen LogP contribution in [0.5, 0.6) is 0 Å². The number of nitrogens with one attached hydrogen (secondary N) is 1. The van der Waals surface area contributed by atoms with Gasteiger partial charge in [0.05, 0.1) is 21.7 Å². The molecule has 3 amide bonds.